The second kappa shape index (κ2) is 5.57. The quantitative estimate of drug-likeness (QED) is 0.571. The van der Waals surface area contributed by atoms with Gasteiger partial charge in [0.25, 0.3) is 0 Å². The van der Waals surface area contributed by atoms with Crippen LogP contribution in [0.5, 0.6) is 0 Å². The van der Waals surface area contributed by atoms with Crippen LogP contribution in [-0.2, 0) is 0 Å². The first-order chi connectivity index (χ1) is 4.31. The summed E-state index contributed by atoms with van der Waals surface area (Å²) in [7, 11) is 0. The number of allylic oxidation sites excluding steroid dienone is 3. The predicted octanol–water partition coefficient (Wildman–Crippen LogP) is 1.75. The Balaban J connectivity index is 3.43. The Morgan fingerprint density at radius 2 is 2.11 bits per heavy atom. The first-order valence-corrected chi connectivity index (χ1v) is 3.21. The van der Waals surface area contributed by atoms with E-state index < -0.39 is 0 Å². The second-order valence-electron chi connectivity index (χ2n) is 2.07. The minimum absolute atomic E-state index is 0.230. The Kier molecular flexibility index (Phi) is 5.23. The van der Waals surface area contributed by atoms with Crippen molar-refractivity contribution < 1.29 is 5.11 Å². The third-order valence-electron chi connectivity index (χ3n) is 1.03. The molecule has 0 bridgehead atoms. The van der Waals surface area contributed by atoms with Crippen molar-refractivity contribution in [2.75, 3.05) is 6.61 Å². The first-order valence-electron chi connectivity index (χ1n) is 3.21. The van der Waals surface area contributed by atoms with E-state index in [9.17, 15) is 0 Å². The molecule has 0 aliphatic rings. The molecule has 0 aromatic rings. The largest absolute Gasteiger partial charge is 0.396 e. The van der Waals surface area contributed by atoms with Gasteiger partial charge < -0.3 is 5.11 Å². The van der Waals surface area contributed by atoms with Gasteiger partial charge in [0.05, 0.1) is 0 Å². The van der Waals surface area contributed by atoms with Crippen LogP contribution in [0.25, 0.3) is 0 Å². The molecular weight excluding hydrogens is 112 g/mol. The molecule has 1 heteroatoms. The lowest BCUT2D eigenvalue weighted by molar-refractivity contribution is 0.262. The molecule has 0 radical (unpaired) electrons. The number of hydrogen-bond donors (Lipinski definition) is 1. The summed E-state index contributed by atoms with van der Waals surface area (Å²) in [6.07, 6.45) is 7.83. The summed E-state index contributed by atoms with van der Waals surface area (Å²) in [6, 6.07) is 0. The molecular formula is C8H14O. The van der Waals surface area contributed by atoms with Crippen molar-refractivity contribution in [1.29, 1.82) is 0 Å². The van der Waals surface area contributed by atoms with Gasteiger partial charge in [0.15, 0.2) is 0 Å². The Bertz CT molecular complexity index is 103. The summed E-state index contributed by atoms with van der Waals surface area (Å²) in [6.45, 7) is 4.17. The zero-order valence-electron chi connectivity index (χ0n) is 6.04. The molecule has 0 saturated carbocycles. The number of aliphatic hydroxyl groups excluding tert-OH is 1. The SMILES string of the molecule is C/C=C\C=C/C(C)CO. The minimum atomic E-state index is 0.230. The summed E-state index contributed by atoms with van der Waals surface area (Å²) >= 11 is 0. The van der Waals surface area contributed by atoms with Crippen LogP contribution in [0.15, 0.2) is 24.3 Å². The summed E-state index contributed by atoms with van der Waals surface area (Å²) in [5.74, 6) is 0.279. The molecule has 1 nitrogen and oxygen atoms in total. The molecule has 9 heavy (non-hydrogen) atoms. The van der Waals surface area contributed by atoms with Crippen LogP contribution in [0, 0.1) is 5.92 Å². The van der Waals surface area contributed by atoms with E-state index in [0.717, 1.165) is 0 Å². The summed E-state index contributed by atoms with van der Waals surface area (Å²) < 4.78 is 0. The van der Waals surface area contributed by atoms with E-state index in [0.29, 0.717) is 0 Å². The summed E-state index contributed by atoms with van der Waals surface area (Å²) in [4.78, 5) is 0. The maximum atomic E-state index is 8.56. The Labute approximate surface area is 56.7 Å². The van der Waals surface area contributed by atoms with Gasteiger partial charge in [-0.25, -0.2) is 0 Å². The molecule has 0 heterocycles. The fraction of sp³-hybridized carbons (Fsp3) is 0.500. The van der Waals surface area contributed by atoms with Crippen LogP contribution in [0.3, 0.4) is 0 Å². The van der Waals surface area contributed by atoms with Crippen molar-refractivity contribution >= 4 is 0 Å². The Hall–Kier alpha value is -0.560. The van der Waals surface area contributed by atoms with Gasteiger partial charge in [-0.2, -0.15) is 0 Å². The average Bonchev–Trinajstić information content (AvgIpc) is 1.89. The maximum absolute atomic E-state index is 8.56. The van der Waals surface area contributed by atoms with Crippen molar-refractivity contribution in [2.45, 2.75) is 13.8 Å². The second-order valence-corrected chi connectivity index (χ2v) is 2.07. The molecule has 1 atom stereocenters. The summed E-state index contributed by atoms with van der Waals surface area (Å²) in [5.41, 5.74) is 0. The number of rotatable bonds is 3. The van der Waals surface area contributed by atoms with E-state index in [4.69, 9.17) is 5.11 Å². The third kappa shape index (κ3) is 5.31. The van der Waals surface area contributed by atoms with Gasteiger partial charge >= 0.3 is 0 Å². The van der Waals surface area contributed by atoms with Crippen molar-refractivity contribution in [3.63, 3.8) is 0 Å². The summed E-state index contributed by atoms with van der Waals surface area (Å²) in [5, 5.41) is 8.56. The number of aliphatic hydroxyl groups is 1. The molecule has 1 N–H and O–H groups in total. The lowest BCUT2D eigenvalue weighted by Crippen LogP contribution is -1.94. The van der Waals surface area contributed by atoms with E-state index >= 15 is 0 Å². The van der Waals surface area contributed by atoms with E-state index in [1.165, 1.54) is 0 Å². The third-order valence-corrected chi connectivity index (χ3v) is 1.03. The highest BCUT2D eigenvalue weighted by Gasteiger charge is 1.88. The molecule has 1 unspecified atom stereocenters. The monoisotopic (exact) mass is 126 g/mol. The molecule has 0 aliphatic carbocycles. The molecule has 0 rings (SSSR count). The van der Waals surface area contributed by atoms with Crippen molar-refractivity contribution in [2.24, 2.45) is 5.92 Å². The van der Waals surface area contributed by atoms with Gasteiger partial charge in [-0.05, 0) is 12.8 Å². The molecule has 52 valence electrons. The number of hydrogen-bond acceptors (Lipinski definition) is 1. The fourth-order valence-corrected chi connectivity index (χ4v) is 0.426. The lowest BCUT2D eigenvalue weighted by Gasteiger charge is -1.95. The van der Waals surface area contributed by atoms with Crippen molar-refractivity contribution in [1.82, 2.24) is 0 Å². The van der Waals surface area contributed by atoms with E-state index in [1.807, 2.05) is 38.2 Å². The predicted molar refractivity (Wildman–Crippen MR) is 40.2 cm³/mol. The molecule has 0 aliphatic heterocycles. The van der Waals surface area contributed by atoms with E-state index in [2.05, 4.69) is 0 Å². The van der Waals surface area contributed by atoms with Gasteiger partial charge in [-0.1, -0.05) is 31.2 Å². The Morgan fingerprint density at radius 3 is 2.56 bits per heavy atom. The van der Waals surface area contributed by atoms with E-state index in [-0.39, 0.29) is 12.5 Å². The zero-order chi connectivity index (χ0) is 7.11. The molecule has 0 aromatic heterocycles. The molecule has 0 amide bonds. The van der Waals surface area contributed by atoms with Crippen LogP contribution in [0.2, 0.25) is 0 Å². The van der Waals surface area contributed by atoms with Crippen LogP contribution in [0.4, 0.5) is 0 Å². The highest BCUT2D eigenvalue weighted by Crippen LogP contribution is 1.93. The molecule has 0 aromatic carbocycles. The van der Waals surface area contributed by atoms with Crippen molar-refractivity contribution in [3.05, 3.63) is 24.3 Å². The minimum Gasteiger partial charge on any atom is -0.396 e. The first kappa shape index (κ1) is 8.44. The average molecular weight is 126 g/mol. The lowest BCUT2D eigenvalue weighted by atomic mass is 10.2. The van der Waals surface area contributed by atoms with Gasteiger partial charge in [0.1, 0.15) is 0 Å². The highest BCUT2D eigenvalue weighted by atomic mass is 16.3. The normalized spacial score (nSPS) is 15.4. The zero-order valence-corrected chi connectivity index (χ0v) is 6.04. The molecule has 0 saturated heterocycles. The molecule has 0 spiro atoms. The standard InChI is InChI=1S/C8H14O/c1-3-4-5-6-8(2)7-9/h3-6,8-9H,7H2,1-2H3/b4-3-,6-5-. The van der Waals surface area contributed by atoms with Gasteiger partial charge in [0, 0.05) is 6.61 Å². The van der Waals surface area contributed by atoms with E-state index in [1.54, 1.807) is 0 Å². The van der Waals surface area contributed by atoms with Crippen LogP contribution in [0.1, 0.15) is 13.8 Å². The fourth-order valence-electron chi connectivity index (χ4n) is 0.426. The highest BCUT2D eigenvalue weighted by molar-refractivity contribution is 5.02. The molecule has 0 fully saturated rings. The van der Waals surface area contributed by atoms with Crippen molar-refractivity contribution in [3.8, 4) is 0 Å². The smallest absolute Gasteiger partial charge is 0.0491 e. The van der Waals surface area contributed by atoms with Gasteiger partial charge in [-0.15, -0.1) is 0 Å². The van der Waals surface area contributed by atoms with Gasteiger partial charge in [0.2, 0.25) is 0 Å². The van der Waals surface area contributed by atoms with Crippen LogP contribution in [-0.4, -0.2) is 11.7 Å². The van der Waals surface area contributed by atoms with Crippen LogP contribution >= 0.6 is 0 Å². The van der Waals surface area contributed by atoms with Crippen LogP contribution < -0.4 is 0 Å². The maximum Gasteiger partial charge on any atom is 0.0491 e. The Morgan fingerprint density at radius 1 is 1.44 bits per heavy atom. The van der Waals surface area contributed by atoms with Gasteiger partial charge in [-0.3, -0.25) is 0 Å². The topological polar surface area (TPSA) is 20.2 Å².